The maximum Gasteiger partial charge on any atom is 0.264 e. The van der Waals surface area contributed by atoms with Crippen LogP contribution in [0.15, 0.2) is 41.4 Å². The van der Waals surface area contributed by atoms with E-state index in [1.54, 1.807) is 6.07 Å². The summed E-state index contributed by atoms with van der Waals surface area (Å²) in [5.74, 6) is -0.749. The van der Waals surface area contributed by atoms with Gasteiger partial charge >= 0.3 is 0 Å². The fraction of sp³-hybridized carbons (Fsp3) is 0. The summed E-state index contributed by atoms with van der Waals surface area (Å²) in [6.45, 7) is 0. The molecular weight excluding hydrogens is 293 g/mol. The molecule has 100 valence electrons. The summed E-state index contributed by atoms with van der Waals surface area (Å²) < 4.78 is 39.4. The Kier molecular flexibility index (Phi) is 3.59. The van der Waals surface area contributed by atoms with Gasteiger partial charge in [0.2, 0.25) is 0 Å². The van der Waals surface area contributed by atoms with Gasteiger partial charge in [0.15, 0.2) is 5.82 Å². The predicted molar refractivity (Wildman–Crippen MR) is 70.9 cm³/mol. The Balaban J connectivity index is 2.44. The first-order chi connectivity index (χ1) is 8.90. The first kappa shape index (κ1) is 13.6. The van der Waals surface area contributed by atoms with Crippen LogP contribution < -0.4 is 10.5 Å². The van der Waals surface area contributed by atoms with Gasteiger partial charge in [0, 0.05) is 6.20 Å². The van der Waals surface area contributed by atoms with E-state index in [-0.39, 0.29) is 21.4 Å². The molecule has 0 fully saturated rings. The van der Waals surface area contributed by atoms with Gasteiger partial charge in [-0.2, -0.15) is 0 Å². The molecule has 0 bridgehead atoms. The largest absolute Gasteiger partial charge is 0.396 e. The molecule has 8 heteroatoms. The highest BCUT2D eigenvalue weighted by Crippen LogP contribution is 2.25. The first-order valence-corrected chi connectivity index (χ1v) is 6.94. The van der Waals surface area contributed by atoms with Crippen LogP contribution in [0.2, 0.25) is 5.02 Å². The molecule has 0 aliphatic heterocycles. The second-order valence-corrected chi connectivity index (χ2v) is 5.68. The van der Waals surface area contributed by atoms with Crippen molar-refractivity contribution < 1.29 is 12.8 Å². The van der Waals surface area contributed by atoms with Crippen molar-refractivity contribution in [3.8, 4) is 0 Å². The van der Waals surface area contributed by atoms with Crippen molar-refractivity contribution in [1.29, 1.82) is 0 Å². The third-order valence-electron chi connectivity index (χ3n) is 2.25. The number of halogens is 2. The number of nitrogens with one attached hydrogen (secondary N) is 1. The molecule has 0 saturated carbocycles. The molecule has 2 aromatic rings. The van der Waals surface area contributed by atoms with E-state index in [1.807, 2.05) is 0 Å². The Labute approximate surface area is 114 Å². The summed E-state index contributed by atoms with van der Waals surface area (Å²) in [5, 5.41) is -0.0941. The summed E-state index contributed by atoms with van der Waals surface area (Å²) in [6.07, 6.45) is 1.38. The maximum absolute atomic E-state index is 13.1. The van der Waals surface area contributed by atoms with Crippen molar-refractivity contribution >= 4 is 33.1 Å². The Morgan fingerprint density at radius 1 is 1.32 bits per heavy atom. The number of nitrogens with zero attached hydrogens (tertiary/aromatic N) is 1. The number of rotatable bonds is 3. The second-order valence-electron chi connectivity index (χ2n) is 3.62. The zero-order chi connectivity index (χ0) is 14.0. The van der Waals surface area contributed by atoms with Gasteiger partial charge in [-0.05, 0) is 30.3 Å². The number of benzene rings is 1. The van der Waals surface area contributed by atoms with Gasteiger partial charge in [-0.25, -0.2) is 17.8 Å². The molecule has 3 N–H and O–H groups in total. The Hall–Kier alpha value is -1.86. The predicted octanol–water partition coefficient (Wildman–Crippen LogP) is 2.26. The summed E-state index contributed by atoms with van der Waals surface area (Å²) >= 11 is 5.75. The first-order valence-electron chi connectivity index (χ1n) is 5.08. The molecule has 1 aromatic heterocycles. The number of hydrogen-bond acceptors (Lipinski definition) is 4. The minimum absolute atomic E-state index is 0.0390. The second kappa shape index (κ2) is 5.02. The van der Waals surface area contributed by atoms with Crippen LogP contribution in [0.25, 0.3) is 0 Å². The molecule has 1 aromatic carbocycles. The molecule has 0 amide bonds. The monoisotopic (exact) mass is 301 g/mol. The van der Waals surface area contributed by atoms with Crippen molar-refractivity contribution in [2.24, 2.45) is 0 Å². The zero-order valence-electron chi connectivity index (χ0n) is 9.47. The molecule has 0 aliphatic rings. The SMILES string of the molecule is Nc1cccnc1NS(=O)(=O)c1cc(F)ccc1Cl. The molecule has 0 aliphatic carbocycles. The zero-order valence-corrected chi connectivity index (χ0v) is 11.0. The topological polar surface area (TPSA) is 85.1 Å². The van der Waals surface area contributed by atoms with E-state index >= 15 is 0 Å². The van der Waals surface area contributed by atoms with Crippen molar-refractivity contribution in [2.75, 3.05) is 10.5 Å². The van der Waals surface area contributed by atoms with Crippen LogP contribution in [0.5, 0.6) is 0 Å². The summed E-state index contributed by atoms with van der Waals surface area (Å²) in [4.78, 5) is 3.41. The van der Waals surface area contributed by atoms with Crippen LogP contribution in [0.4, 0.5) is 15.9 Å². The molecule has 0 unspecified atom stereocenters. The molecule has 0 saturated heterocycles. The quantitative estimate of drug-likeness (QED) is 0.910. The maximum atomic E-state index is 13.1. The van der Waals surface area contributed by atoms with Gasteiger partial charge in [0.05, 0.1) is 10.7 Å². The number of nitrogen functional groups attached to an aromatic ring is 1. The van der Waals surface area contributed by atoms with E-state index in [2.05, 4.69) is 9.71 Å². The number of pyridine rings is 1. The molecule has 0 spiro atoms. The summed E-state index contributed by atoms with van der Waals surface area (Å²) in [7, 11) is -4.05. The third kappa shape index (κ3) is 2.94. The lowest BCUT2D eigenvalue weighted by atomic mass is 10.3. The lowest BCUT2D eigenvalue weighted by molar-refractivity contribution is 0.595. The van der Waals surface area contributed by atoms with E-state index < -0.39 is 15.8 Å². The van der Waals surface area contributed by atoms with E-state index in [0.29, 0.717) is 0 Å². The van der Waals surface area contributed by atoms with Gasteiger partial charge in [-0.1, -0.05) is 11.6 Å². The Morgan fingerprint density at radius 3 is 2.74 bits per heavy atom. The standard InChI is InChI=1S/C11H9ClFN3O2S/c12-8-4-3-7(13)6-10(8)19(17,18)16-11-9(14)2-1-5-15-11/h1-6H,14H2,(H,15,16). The van der Waals surface area contributed by atoms with Crippen LogP contribution in [0.1, 0.15) is 0 Å². The fourth-order valence-electron chi connectivity index (χ4n) is 1.37. The van der Waals surface area contributed by atoms with Crippen molar-refractivity contribution in [3.63, 3.8) is 0 Å². The highest BCUT2D eigenvalue weighted by Gasteiger charge is 2.20. The number of nitrogens with two attached hydrogens (primary N) is 1. The minimum Gasteiger partial charge on any atom is -0.396 e. The molecular formula is C11H9ClFN3O2S. The number of hydrogen-bond donors (Lipinski definition) is 2. The van der Waals surface area contributed by atoms with Gasteiger partial charge in [-0.3, -0.25) is 4.72 Å². The Bertz CT molecular complexity index is 722. The molecule has 0 radical (unpaired) electrons. The highest BCUT2D eigenvalue weighted by molar-refractivity contribution is 7.92. The lowest BCUT2D eigenvalue weighted by Gasteiger charge is -2.10. The van der Waals surface area contributed by atoms with E-state index in [9.17, 15) is 12.8 Å². The summed E-state index contributed by atoms with van der Waals surface area (Å²) in [5.41, 5.74) is 5.73. The van der Waals surface area contributed by atoms with Gasteiger partial charge < -0.3 is 5.73 Å². The van der Waals surface area contributed by atoms with Crippen LogP contribution in [-0.2, 0) is 10.0 Å². The minimum atomic E-state index is -4.05. The van der Waals surface area contributed by atoms with E-state index in [1.165, 1.54) is 12.3 Å². The molecule has 1 heterocycles. The number of sulfonamides is 1. The van der Waals surface area contributed by atoms with Crippen molar-refractivity contribution in [2.45, 2.75) is 4.90 Å². The average Bonchev–Trinajstić information content (AvgIpc) is 2.35. The van der Waals surface area contributed by atoms with Crippen molar-refractivity contribution in [1.82, 2.24) is 4.98 Å². The molecule has 2 rings (SSSR count). The van der Waals surface area contributed by atoms with Gasteiger partial charge in [0.25, 0.3) is 10.0 Å². The van der Waals surface area contributed by atoms with Gasteiger partial charge in [-0.15, -0.1) is 0 Å². The van der Waals surface area contributed by atoms with Crippen LogP contribution >= 0.6 is 11.6 Å². The molecule has 0 atom stereocenters. The summed E-state index contributed by atoms with van der Waals surface area (Å²) in [6, 6.07) is 6.09. The number of aromatic nitrogens is 1. The normalized spacial score (nSPS) is 11.3. The fourth-order valence-corrected chi connectivity index (χ4v) is 2.92. The molecule has 19 heavy (non-hydrogen) atoms. The van der Waals surface area contributed by atoms with Crippen LogP contribution in [-0.4, -0.2) is 13.4 Å². The van der Waals surface area contributed by atoms with E-state index in [0.717, 1.165) is 18.2 Å². The Morgan fingerprint density at radius 2 is 2.05 bits per heavy atom. The average molecular weight is 302 g/mol. The number of anilines is 2. The van der Waals surface area contributed by atoms with E-state index in [4.69, 9.17) is 17.3 Å². The smallest absolute Gasteiger partial charge is 0.264 e. The van der Waals surface area contributed by atoms with Gasteiger partial charge in [0.1, 0.15) is 10.7 Å². The lowest BCUT2D eigenvalue weighted by Crippen LogP contribution is -2.15. The highest BCUT2D eigenvalue weighted by atomic mass is 35.5. The third-order valence-corrected chi connectivity index (χ3v) is 4.07. The van der Waals surface area contributed by atoms with Crippen LogP contribution in [0.3, 0.4) is 0 Å². The van der Waals surface area contributed by atoms with Crippen LogP contribution in [0, 0.1) is 5.82 Å². The molecule has 5 nitrogen and oxygen atoms in total. The van der Waals surface area contributed by atoms with Crippen molar-refractivity contribution in [3.05, 3.63) is 47.4 Å².